The number of hydrogen-bond donors (Lipinski definition) is 0. The summed E-state index contributed by atoms with van der Waals surface area (Å²) < 4.78 is 0. The zero-order chi connectivity index (χ0) is 16.2. The third-order valence-electron chi connectivity index (χ3n) is 3.80. The molecule has 2 aromatic rings. The molecule has 0 atom stereocenters. The fraction of sp³-hybridized carbons (Fsp3) is 0.263. The smallest absolute Gasteiger partial charge is 0.259 e. The van der Waals surface area contributed by atoms with E-state index in [4.69, 9.17) is 0 Å². The number of nitrogens with zero attached hydrogens (tertiary/aromatic N) is 2. The van der Waals surface area contributed by atoms with E-state index in [1.54, 1.807) is 16.7 Å². The molecule has 0 fully saturated rings. The van der Waals surface area contributed by atoms with E-state index < -0.39 is 0 Å². The van der Waals surface area contributed by atoms with Gasteiger partial charge in [-0.15, -0.1) is 0 Å². The van der Waals surface area contributed by atoms with Crippen LogP contribution in [0.1, 0.15) is 27.0 Å². The topological polar surface area (TPSA) is 32.7 Å². The van der Waals surface area contributed by atoms with Gasteiger partial charge >= 0.3 is 0 Å². The lowest BCUT2D eigenvalue weighted by Gasteiger charge is -2.18. The maximum absolute atomic E-state index is 12.7. The molecule has 1 aliphatic heterocycles. The molecule has 0 aliphatic carbocycles. The SMILES string of the molecule is Cc1ccc(CSC2=NCCN2C(=O)c2cccc(C)c2)cc1. The summed E-state index contributed by atoms with van der Waals surface area (Å²) in [6.07, 6.45) is 0. The van der Waals surface area contributed by atoms with Crippen LogP contribution >= 0.6 is 11.8 Å². The monoisotopic (exact) mass is 324 g/mol. The summed E-state index contributed by atoms with van der Waals surface area (Å²) in [4.78, 5) is 19.0. The van der Waals surface area contributed by atoms with Crippen molar-refractivity contribution in [3.8, 4) is 0 Å². The van der Waals surface area contributed by atoms with Gasteiger partial charge in [0.2, 0.25) is 0 Å². The summed E-state index contributed by atoms with van der Waals surface area (Å²) in [6, 6.07) is 16.2. The van der Waals surface area contributed by atoms with Gasteiger partial charge in [0, 0.05) is 17.9 Å². The number of amidine groups is 1. The van der Waals surface area contributed by atoms with Crippen LogP contribution in [0.5, 0.6) is 0 Å². The van der Waals surface area contributed by atoms with Gasteiger partial charge < -0.3 is 0 Å². The first-order valence-corrected chi connectivity index (χ1v) is 8.73. The highest BCUT2D eigenvalue weighted by atomic mass is 32.2. The highest BCUT2D eigenvalue weighted by Crippen LogP contribution is 2.22. The van der Waals surface area contributed by atoms with Crippen molar-refractivity contribution in [1.82, 2.24) is 4.90 Å². The summed E-state index contributed by atoms with van der Waals surface area (Å²) in [7, 11) is 0. The van der Waals surface area contributed by atoms with Crippen LogP contribution in [0.4, 0.5) is 0 Å². The minimum atomic E-state index is 0.0429. The van der Waals surface area contributed by atoms with Gasteiger partial charge in [-0.3, -0.25) is 14.7 Å². The van der Waals surface area contributed by atoms with Crippen LogP contribution < -0.4 is 0 Å². The Morgan fingerprint density at radius 2 is 1.91 bits per heavy atom. The number of aliphatic imine (C=N–C) groups is 1. The van der Waals surface area contributed by atoms with E-state index >= 15 is 0 Å². The van der Waals surface area contributed by atoms with Crippen molar-refractivity contribution in [3.63, 3.8) is 0 Å². The molecule has 0 saturated carbocycles. The molecule has 1 amide bonds. The number of amides is 1. The molecule has 0 aromatic heterocycles. The molecule has 118 valence electrons. The molecule has 0 saturated heterocycles. The Hall–Kier alpha value is -2.07. The van der Waals surface area contributed by atoms with Crippen molar-refractivity contribution >= 4 is 22.8 Å². The minimum absolute atomic E-state index is 0.0429. The second kappa shape index (κ2) is 7.01. The molecule has 4 heteroatoms. The van der Waals surface area contributed by atoms with Crippen molar-refractivity contribution in [1.29, 1.82) is 0 Å². The normalized spacial score (nSPS) is 14.0. The summed E-state index contributed by atoms with van der Waals surface area (Å²) in [5.74, 6) is 0.873. The fourth-order valence-electron chi connectivity index (χ4n) is 2.50. The number of aryl methyl sites for hydroxylation is 2. The molecule has 0 bridgehead atoms. The lowest BCUT2D eigenvalue weighted by molar-refractivity contribution is 0.0860. The third kappa shape index (κ3) is 3.82. The van der Waals surface area contributed by atoms with E-state index in [9.17, 15) is 4.79 Å². The molecule has 0 radical (unpaired) electrons. The quantitative estimate of drug-likeness (QED) is 0.853. The second-order valence-electron chi connectivity index (χ2n) is 5.76. The van der Waals surface area contributed by atoms with E-state index in [2.05, 4.69) is 36.2 Å². The molecule has 2 aromatic carbocycles. The van der Waals surface area contributed by atoms with Crippen molar-refractivity contribution in [2.75, 3.05) is 13.1 Å². The van der Waals surface area contributed by atoms with E-state index in [1.165, 1.54) is 11.1 Å². The van der Waals surface area contributed by atoms with Crippen LogP contribution in [-0.4, -0.2) is 29.1 Å². The van der Waals surface area contributed by atoms with Crippen LogP contribution in [0, 0.1) is 13.8 Å². The Morgan fingerprint density at radius 3 is 2.65 bits per heavy atom. The van der Waals surface area contributed by atoms with Crippen LogP contribution in [0.2, 0.25) is 0 Å². The Morgan fingerprint density at radius 1 is 1.13 bits per heavy atom. The third-order valence-corrected chi connectivity index (χ3v) is 4.89. The first-order valence-electron chi connectivity index (χ1n) is 7.75. The van der Waals surface area contributed by atoms with Crippen LogP contribution in [0.15, 0.2) is 53.5 Å². The van der Waals surface area contributed by atoms with Crippen LogP contribution in [0.3, 0.4) is 0 Å². The molecule has 3 nitrogen and oxygen atoms in total. The molecule has 0 unspecified atom stereocenters. The average molecular weight is 324 g/mol. The summed E-state index contributed by atoms with van der Waals surface area (Å²) >= 11 is 1.63. The highest BCUT2D eigenvalue weighted by Gasteiger charge is 2.25. The summed E-state index contributed by atoms with van der Waals surface area (Å²) in [5.41, 5.74) is 4.34. The number of thioether (sulfide) groups is 1. The number of hydrogen-bond acceptors (Lipinski definition) is 3. The van der Waals surface area contributed by atoms with Gasteiger partial charge in [0.25, 0.3) is 5.91 Å². The second-order valence-corrected chi connectivity index (χ2v) is 6.71. The first-order chi connectivity index (χ1) is 11.1. The Balaban J connectivity index is 1.67. The maximum Gasteiger partial charge on any atom is 0.259 e. The van der Waals surface area contributed by atoms with E-state index in [0.29, 0.717) is 13.1 Å². The molecule has 0 spiro atoms. The number of carbonyl (C=O) groups is 1. The molecular formula is C19H20N2OS. The summed E-state index contributed by atoms with van der Waals surface area (Å²) in [5, 5.41) is 0.831. The average Bonchev–Trinajstić information content (AvgIpc) is 3.02. The minimum Gasteiger partial charge on any atom is -0.286 e. The largest absolute Gasteiger partial charge is 0.286 e. The molecule has 0 N–H and O–H groups in total. The van der Waals surface area contributed by atoms with Gasteiger partial charge in [-0.1, -0.05) is 59.3 Å². The predicted octanol–water partition coefficient (Wildman–Crippen LogP) is 4.05. The Kier molecular flexibility index (Phi) is 4.82. The molecular weight excluding hydrogens is 304 g/mol. The van der Waals surface area contributed by atoms with Crippen molar-refractivity contribution in [2.45, 2.75) is 19.6 Å². The number of rotatable bonds is 3. The Bertz CT molecular complexity index is 737. The van der Waals surface area contributed by atoms with Gasteiger partial charge in [0.1, 0.15) is 0 Å². The Labute approximate surface area is 141 Å². The molecule has 3 rings (SSSR count). The van der Waals surface area contributed by atoms with Crippen molar-refractivity contribution in [2.24, 2.45) is 4.99 Å². The summed E-state index contributed by atoms with van der Waals surface area (Å²) in [6.45, 7) is 5.44. The van der Waals surface area contributed by atoms with E-state index in [1.807, 2.05) is 31.2 Å². The van der Waals surface area contributed by atoms with E-state index in [-0.39, 0.29) is 5.91 Å². The lowest BCUT2D eigenvalue weighted by Crippen LogP contribution is -2.32. The standard InChI is InChI=1S/C19H20N2OS/c1-14-6-8-16(9-7-14)13-23-19-20-10-11-21(19)18(22)17-5-3-4-15(2)12-17/h3-9,12H,10-11,13H2,1-2H3. The molecule has 23 heavy (non-hydrogen) atoms. The van der Waals surface area contributed by atoms with Crippen LogP contribution in [0.25, 0.3) is 0 Å². The lowest BCUT2D eigenvalue weighted by atomic mass is 10.1. The zero-order valence-electron chi connectivity index (χ0n) is 13.5. The van der Waals surface area contributed by atoms with Gasteiger partial charge in [-0.2, -0.15) is 0 Å². The zero-order valence-corrected chi connectivity index (χ0v) is 14.3. The predicted molar refractivity (Wildman–Crippen MR) is 97.0 cm³/mol. The van der Waals surface area contributed by atoms with Crippen LogP contribution in [-0.2, 0) is 5.75 Å². The van der Waals surface area contributed by atoms with Crippen molar-refractivity contribution < 1.29 is 4.79 Å². The molecule has 1 aliphatic rings. The van der Waals surface area contributed by atoms with Gasteiger partial charge in [0.15, 0.2) is 5.17 Å². The van der Waals surface area contributed by atoms with Gasteiger partial charge in [-0.25, -0.2) is 0 Å². The first kappa shape index (κ1) is 15.8. The fourth-order valence-corrected chi connectivity index (χ4v) is 3.51. The number of benzene rings is 2. The van der Waals surface area contributed by atoms with E-state index in [0.717, 1.165) is 22.0 Å². The highest BCUT2D eigenvalue weighted by molar-refractivity contribution is 8.13. The number of carbonyl (C=O) groups excluding carboxylic acids is 1. The molecule has 1 heterocycles. The maximum atomic E-state index is 12.7. The van der Waals surface area contributed by atoms with Gasteiger partial charge in [0.05, 0.1) is 6.54 Å². The van der Waals surface area contributed by atoms with Gasteiger partial charge in [-0.05, 0) is 31.5 Å². The van der Waals surface area contributed by atoms with Crippen molar-refractivity contribution in [3.05, 3.63) is 70.8 Å².